The van der Waals surface area contributed by atoms with E-state index in [2.05, 4.69) is 29.8 Å². The van der Waals surface area contributed by atoms with Crippen LogP contribution in [0.25, 0.3) is 0 Å². The number of aromatic nitrogens is 2. The Morgan fingerprint density at radius 1 is 1.26 bits per heavy atom. The van der Waals surface area contributed by atoms with Crippen molar-refractivity contribution >= 4 is 5.82 Å². The molecule has 2 heterocycles. The van der Waals surface area contributed by atoms with Gasteiger partial charge >= 0.3 is 0 Å². The number of nitrogens with zero attached hydrogens (tertiary/aromatic N) is 3. The van der Waals surface area contributed by atoms with Gasteiger partial charge in [-0.2, -0.15) is 0 Å². The first kappa shape index (κ1) is 14.3. The summed E-state index contributed by atoms with van der Waals surface area (Å²) in [6.07, 6.45) is 5.45. The molecule has 0 spiro atoms. The van der Waals surface area contributed by atoms with Crippen molar-refractivity contribution in [2.45, 2.75) is 46.0 Å². The highest BCUT2D eigenvalue weighted by atomic mass is 15.2. The molecule has 1 aromatic rings. The van der Waals surface area contributed by atoms with Gasteiger partial charge in [-0.05, 0) is 31.7 Å². The minimum atomic E-state index is 0.693. The standard InChI is InChI=1S/C15H26N4/c1-3-5-13-10-15(18-14(4-2)17-13)19-8-6-12(11-16)7-9-19/h10,12H,3-9,11,16H2,1-2H3. The summed E-state index contributed by atoms with van der Waals surface area (Å²) in [5.74, 6) is 2.78. The predicted molar refractivity (Wildman–Crippen MR) is 79.4 cm³/mol. The van der Waals surface area contributed by atoms with E-state index in [-0.39, 0.29) is 0 Å². The Bertz CT molecular complexity index is 397. The zero-order valence-electron chi connectivity index (χ0n) is 12.2. The van der Waals surface area contributed by atoms with Crippen molar-refractivity contribution < 1.29 is 0 Å². The van der Waals surface area contributed by atoms with E-state index in [9.17, 15) is 0 Å². The number of hydrogen-bond donors (Lipinski definition) is 1. The molecule has 0 radical (unpaired) electrons. The normalized spacial score (nSPS) is 16.9. The molecule has 2 N–H and O–H groups in total. The van der Waals surface area contributed by atoms with Gasteiger partial charge in [-0.25, -0.2) is 9.97 Å². The van der Waals surface area contributed by atoms with Crippen molar-refractivity contribution in [2.75, 3.05) is 24.5 Å². The van der Waals surface area contributed by atoms with E-state index in [4.69, 9.17) is 10.7 Å². The topological polar surface area (TPSA) is 55.0 Å². The maximum absolute atomic E-state index is 5.75. The fraction of sp³-hybridized carbons (Fsp3) is 0.733. The van der Waals surface area contributed by atoms with Gasteiger partial charge in [-0.3, -0.25) is 0 Å². The minimum Gasteiger partial charge on any atom is -0.356 e. The van der Waals surface area contributed by atoms with E-state index in [0.29, 0.717) is 5.92 Å². The number of aryl methyl sites for hydroxylation is 2. The summed E-state index contributed by atoms with van der Waals surface area (Å²) < 4.78 is 0. The smallest absolute Gasteiger partial charge is 0.132 e. The van der Waals surface area contributed by atoms with Gasteiger partial charge in [-0.15, -0.1) is 0 Å². The van der Waals surface area contributed by atoms with Crippen LogP contribution in [0.15, 0.2) is 6.07 Å². The highest BCUT2D eigenvalue weighted by molar-refractivity contribution is 5.40. The molecule has 0 aliphatic carbocycles. The van der Waals surface area contributed by atoms with Gasteiger partial charge in [0, 0.05) is 31.3 Å². The van der Waals surface area contributed by atoms with E-state index in [1.54, 1.807) is 0 Å². The van der Waals surface area contributed by atoms with Crippen LogP contribution in [0.3, 0.4) is 0 Å². The van der Waals surface area contributed by atoms with E-state index in [1.807, 2.05) is 0 Å². The number of nitrogens with two attached hydrogens (primary N) is 1. The number of piperidine rings is 1. The number of hydrogen-bond acceptors (Lipinski definition) is 4. The monoisotopic (exact) mass is 262 g/mol. The van der Waals surface area contributed by atoms with Crippen molar-refractivity contribution in [3.05, 3.63) is 17.6 Å². The van der Waals surface area contributed by atoms with E-state index < -0.39 is 0 Å². The Kier molecular flexibility index (Phi) is 5.14. The van der Waals surface area contributed by atoms with Crippen LogP contribution in [0.4, 0.5) is 5.82 Å². The molecule has 0 amide bonds. The van der Waals surface area contributed by atoms with Crippen LogP contribution in [0.2, 0.25) is 0 Å². The van der Waals surface area contributed by atoms with E-state index >= 15 is 0 Å². The second-order valence-electron chi connectivity index (χ2n) is 5.40. The fourth-order valence-corrected chi connectivity index (χ4v) is 2.64. The Morgan fingerprint density at radius 3 is 2.58 bits per heavy atom. The van der Waals surface area contributed by atoms with Crippen LogP contribution >= 0.6 is 0 Å². The van der Waals surface area contributed by atoms with Crippen LogP contribution in [0.5, 0.6) is 0 Å². The number of anilines is 1. The minimum absolute atomic E-state index is 0.693. The Balaban J connectivity index is 2.12. The third-order valence-electron chi connectivity index (χ3n) is 3.91. The van der Waals surface area contributed by atoms with Gasteiger partial charge < -0.3 is 10.6 Å². The summed E-state index contributed by atoms with van der Waals surface area (Å²) in [5, 5.41) is 0. The summed E-state index contributed by atoms with van der Waals surface area (Å²) in [7, 11) is 0. The maximum Gasteiger partial charge on any atom is 0.132 e. The van der Waals surface area contributed by atoms with Crippen molar-refractivity contribution in [1.29, 1.82) is 0 Å². The predicted octanol–water partition coefficient (Wildman–Crippen LogP) is 2.17. The first-order valence-corrected chi connectivity index (χ1v) is 7.58. The SMILES string of the molecule is CCCc1cc(N2CCC(CN)CC2)nc(CC)n1. The van der Waals surface area contributed by atoms with Crippen LogP contribution < -0.4 is 10.6 Å². The lowest BCUT2D eigenvalue weighted by atomic mass is 9.97. The largest absolute Gasteiger partial charge is 0.356 e. The maximum atomic E-state index is 5.75. The first-order valence-electron chi connectivity index (χ1n) is 7.58. The van der Waals surface area contributed by atoms with Crippen LogP contribution in [0.1, 0.15) is 44.6 Å². The molecule has 4 heteroatoms. The first-order chi connectivity index (χ1) is 9.26. The quantitative estimate of drug-likeness (QED) is 0.883. The summed E-state index contributed by atoms with van der Waals surface area (Å²) >= 11 is 0. The molecule has 0 aromatic carbocycles. The average Bonchev–Trinajstić information content (AvgIpc) is 2.47. The highest BCUT2D eigenvalue weighted by Gasteiger charge is 2.19. The lowest BCUT2D eigenvalue weighted by Crippen LogP contribution is -2.36. The van der Waals surface area contributed by atoms with Crippen molar-refractivity contribution in [3.63, 3.8) is 0 Å². The molecular weight excluding hydrogens is 236 g/mol. The van der Waals surface area contributed by atoms with E-state index in [0.717, 1.165) is 50.5 Å². The van der Waals surface area contributed by atoms with Crippen molar-refractivity contribution in [2.24, 2.45) is 11.7 Å². The van der Waals surface area contributed by atoms with E-state index in [1.165, 1.54) is 18.5 Å². The molecule has 1 aliphatic rings. The van der Waals surface area contributed by atoms with Gasteiger partial charge in [0.05, 0.1) is 0 Å². The van der Waals surface area contributed by atoms with Gasteiger partial charge in [0.15, 0.2) is 0 Å². The second-order valence-corrected chi connectivity index (χ2v) is 5.40. The van der Waals surface area contributed by atoms with Crippen LogP contribution in [-0.4, -0.2) is 29.6 Å². The molecule has 106 valence electrons. The molecule has 1 aromatic heterocycles. The lowest BCUT2D eigenvalue weighted by Gasteiger charge is -2.32. The highest BCUT2D eigenvalue weighted by Crippen LogP contribution is 2.22. The zero-order valence-corrected chi connectivity index (χ0v) is 12.2. The molecule has 1 saturated heterocycles. The lowest BCUT2D eigenvalue weighted by molar-refractivity contribution is 0.412. The summed E-state index contributed by atoms with van der Waals surface area (Å²) in [4.78, 5) is 11.7. The van der Waals surface area contributed by atoms with Crippen LogP contribution in [0, 0.1) is 5.92 Å². The third kappa shape index (κ3) is 3.66. The molecular formula is C15H26N4. The fourth-order valence-electron chi connectivity index (χ4n) is 2.64. The van der Waals surface area contributed by atoms with Crippen LogP contribution in [-0.2, 0) is 12.8 Å². The molecule has 2 rings (SSSR count). The molecule has 0 saturated carbocycles. The third-order valence-corrected chi connectivity index (χ3v) is 3.91. The van der Waals surface area contributed by atoms with Gasteiger partial charge in [0.2, 0.25) is 0 Å². The average molecular weight is 262 g/mol. The molecule has 1 aliphatic heterocycles. The molecule has 19 heavy (non-hydrogen) atoms. The summed E-state index contributed by atoms with van der Waals surface area (Å²) in [6.45, 7) is 7.29. The van der Waals surface area contributed by atoms with Gasteiger partial charge in [0.1, 0.15) is 11.6 Å². The van der Waals surface area contributed by atoms with Crippen molar-refractivity contribution in [3.8, 4) is 0 Å². The number of rotatable bonds is 5. The molecule has 1 fully saturated rings. The molecule has 4 nitrogen and oxygen atoms in total. The Hall–Kier alpha value is -1.16. The molecule has 0 atom stereocenters. The second kappa shape index (κ2) is 6.85. The zero-order chi connectivity index (χ0) is 13.7. The summed E-state index contributed by atoms with van der Waals surface area (Å²) in [6, 6.07) is 2.17. The van der Waals surface area contributed by atoms with Crippen molar-refractivity contribution in [1.82, 2.24) is 9.97 Å². The van der Waals surface area contributed by atoms with Gasteiger partial charge in [0.25, 0.3) is 0 Å². The molecule has 0 bridgehead atoms. The Labute approximate surface area is 116 Å². The van der Waals surface area contributed by atoms with Gasteiger partial charge in [-0.1, -0.05) is 20.3 Å². The molecule has 0 unspecified atom stereocenters. The Morgan fingerprint density at radius 2 is 2.00 bits per heavy atom. The summed E-state index contributed by atoms with van der Waals surface area (Å²) in [5.41, 5.74) is 6.94.